The molecule has 0 saturated heterocycles. The molecule has 3 rings (SSSR count). The van der Waals surface area contributed by atoms with Gasteiger partial charge in [0.05, 0.1) is 17.6 Å². The average molecular weight is 538 g/mol. The van der Waals surface area contributed by atoms with Gasteiger partial charge in [-0.1, -0.05) is 18.2 Å². The third-order valence-electron chi connectivity index (χ3n) is 5.92. The second-order valence-corrected chi connectivity index (χ2v) is 11.8. The summed E-state index contributed by atoms with van der Waals surface area (Å²) >= 11 is 0. The molecule has 2 heterocycles. The molecule has 0 aliphatic rings. The van der Waals surface area contributed by atoms with Gasteiger partial charge in [-0.2, -0.15) is 0 Å². The maximum absolute atomic E-state index is 13.2. The van der Waals surface area contributed by atoms with E-state index < -0.39 is 23.4 Å². The number of aromatic nitrogens is 3. The lowest BCUT2D eigenvalue weighted by molar-refractivity contribution is 0.0520. The molecule has 1 N–H and O–H groups in total. The van der Waals surface area contributed by atoms with Crippen LogP contribution in [0, 0.1) is 6.92 Å². The standard InChI is InChI=1S/C30H43N5O4/c1-22-13-12-18-31-23(22)16-20-34(19-11-10-17-32-27(36)38-29(2,3)4)21-26-33-24-14-8-9-15-25(24)35(26)28(37)39-30(5,6)7/h8-9,12-15,18H,10-11,16-17,19-21H2,1-7H3,(H,32,36). The van der Waals surface area contributed by atoms with E-state index >= 15 is 0 Å². The van der Waals surface area contributed by atoms with Crippen LogP contribution in [0.5, 0.6) is 0 Å². The first kappa shape index (κ1) is 30.1. The highest BCUT2D eigenvalue weighted by Crippen LogP contribution is 2.20. The summed E-state index contributed by atoms with van der Waals surface area (Å²) in [5.74, 6) is 0.634. The fraction of sp³-hybridized carbons (Fsp3) is 0.533. The van der Waals surface area contributed by atoms with Crippen LogP contribution in [0.4, 0.5) is 9.59 Å². The van der Waals surface area contributed by atoms with E-state index in [9.17, 15) is 9.59 Å². The second kappa shape index (κ2) is 13.1. The number of alkyl carbamates (subject to hydrolysis) is 1. The highest BCUT2D eigenvalue weighted by atomic mass is 16.6. The molecule has 0 atom stereocenters. The zero-order valence-corrected chi connectivity index (χ0v) is 24.4. The quantitative estimate of drug-likeness (QED) is 0.323. The van der Waals surface area contributed by atoms with E-state index in [1.807, 2.05) is 78.1 Å². The number of ether oxygens (including phenoxy) is 2. The highest BCUT2D eigenvalue weighted by Gasteiger charge is 2.24. The Morgan fingerprint density at radius 3 is 2.36 bits per heavy atom. The average Bonchev–Trinajstić information content (AvgIpc) is 3.18. The van der Waals surface area contributed by atoms with Crippen LogP contribution in [-0.2, 0) is 22.4 Å². The van der Waals surface area contributed by atoms with Crippen molar-refractivity contribution in [3.05, 3.63) is 59.7 Å². The van der Waals surface area contributed by atoms with Gasteiger partial charge < -0.3 is 14.8 Å². The third-order valence-corrected chi connectivity index (χ3v) is 5.92. The number of aryl methyl sites for hydroxylation is 1. The Bertz CT molecular complexity index is 1260. The van der Waals surface area contributed by atoms with Crippen molar-refractivity contribution in [1.82, 2.24) is 24.8 Å². The van der Waals surface area contributed by atoms with E-state index in [-0.39, 0.29) is 0 Å². The van der Waals surface area contributed by atoms with E-state index in [2.05, 4.69) is 28.2 Å². The minimum Gasteiger partial charge on any atom is -0.444 e. The lowest BCUT2D eigenvalue weighted by atomic mass is 10.1. The molecule has 0 aliphatic heterocycles. The number of unbranched alkanes of at least 4 members (excludes halogenated alkanes) is 1. The number of nitrogens with one attached hydrogen (secondary N) is 1. The van der Waals surface area contributed by atoms with E-state index in [1.165, 1.54) is 0 Å². The van der Waals surface area contributed by atoms with E-state index in [0.717, 1.165) is 54.6 Å². The van der Waals surface area contributed by atoms with Crippen LogP contribution in [0.25, 0.3) is 11.0 Å². The molecule has 9 heteroatoms. The Morgan fingerprint density at radius 2 is 1.67 bits per heavy atom. The molecule has 9 nitrogen and oxygen atoms in total. The summed E-state index contributed by atoms with van der Waals surface area (Å²) in [5.41, 5.74) is 2.53. The molecule has 0 aliphatic carbocycles. The van der Waals surface area contributed by atoms with Gasteiger partial charge in [0.15, 0.2) is 0 Å². The smallest absolute Gasteiger partial charge is 0.420 e. The first-order valence-electron chi connectivity index (χ1n) is 13.6. The summed E-state index contributed by atoms with van der Waals surface area (Å²) in [6.45, 7) is 15.7. The maximum atomic E-state index is 13.2. The lowest BCUT2D eigenvalue weighted by Crippen LogP contribution is -2.34. The van der Waals surface area contributed by atoms with Gasteiger partial charge >= 0.3 is 12.2 Å². The maximum Gasteiger partial charge on any atom is 0.420 e. The van der Waals surface area contributed by atoms with Crippen molar-refractivity contribution in [1.29, 1.82) is 0 Å². The number of imidazole rings is 1. The predicted molar refractivity (Wildman–Crippen MR) is 153 cm³/mol. The monoisotopic (exact) mass is 537 g/mol. The molecule has 1 aromatic carbocycles. The van der Waals surface area contributed by atoms with Gasteiger partial charge in [-0.3, -0.25) is 9.88 Å². The number of amides is 1. The van der Waals surface area contributed by atoms with Gasteiger partial charge in [0, 0.05) is 31.4 Å². The number of rotatable bonds is 10. The first-order valence-corrected chi connectivity index (χ1v) is 13.6. The fourth-order valence-electron chi connectivity index (χ4n) is 4.17. The van der Waals surface area contributed by atoms with E-state index in [1.54, 1.807) is 4.57 Å². The van der Waals surface area contributed by atoms with Gasteiger partial charge in [-0.15, -0.1) is 0 Å². The molecule has 212 valence electrons. The third kappa shape index (κ3) is 9.66. The molecule has 0 spiro atoms. The number of para-hydroxylation sites is 2. The number of carbonyl (C=O) groups excluding carboxylic acids is 2. The minimum atomic E-state index is -0.628. The number of fused-ring (bicyclic) bond motifs is 1. The molecule has 0 saturated carbocycles. The topological polar surface area (TPSA) is 98.6 Å². The number of benzene rings is 1. The second-order valence-electron chi connectivity index (χ2n) is 11.8. The lowest BCUT2D eigenvalue weighted by Gasteiger charge is -2.24. The van der Waals surface area contributed by atoms with Crippen LogP contribution in [-0.4, -0.2) is 62.5 Å². The Hall–Kier alpha value is -3.46. The van der Waals surface area contributed by atoms with Crippen molar-refractivity contribution in [3.63, 3.8) is 0 Å². The molecular weight excluding hydrogens is 494 g/mol. The summed E-state index contributed by atoms with van der Waals surface area (Å²) in [4.78, 5) is 36.9. The molecule has 2 aromatic heterocycles. The normalized spacial score (nSPS) is 12.1. The zero-order chi connectivity index (χ0) is 28.6. The van der Waals surface area contributed by atoms with Crippen LogP contribution in [0.2, 0.25) is 0 Å². The van der Waals surface area contributed by atoms with Gasteiger partial charge in [0.25, 0.3) is 0 Å². The van der Waals surface area contributed by atoms with Gasteiger partial charge in [-0.05, 0) is 91.6 Å². The summed E-state index contributed by atoms with van der Waals surface area (Å²) in [6, 6.07) is 11.6. The van der Waals surface area contributed by atoms with Crippen molar-refractivity contribution in [2.45, 2.75) is 85.5 Å². The van der Waals surface area contributed by atoms with Crippen molar-refractivity contribution >= 4 is 23.2 Å². The Labute approximate surface area is 231 Å². The summed E-state index contributed by atoms with van der Waals surface area (Å²) in [6.07, 6.45) is 3.39. The first-order chi connectivity index (χ1) is 18.3. The van der Waals surface area contributed by atoms with Crippen molar-refractivity contribution in [2.75, 3.05) is 19.6 Å². The van der Waals surface area contributed by atoms with E-state index in [0.29, 0.717) is 18.9 Å². The van der Waals surface area contributed by atoms with Crippen LogP contribution < -0.4 is 5.32 Å². The Morgan fingerprint density at radius 1 is 0.949 bits per heavy atom. The van der Waals surface area contributed by atoms with Crippen LogP contribution in [0.15, 0.2) is 42.6 Å². The molecular formula is C30H43N5O4. The minimum absolute atomic E-state index is 0.406. The largest absolute Gasteiger partial charge is 0.444 e. The van der Waals surface area contributed by atoms with Gasteiger partial charge in [0.2, 0.25) is 0 Å². The molecule has 0 radical (unpaired) electrons. The van der Waals surface area contributed by atoms with E-state index in [4.69, 9.17) is 14.5 Å². The molecule has 0 unspecified atom stereocenters. The van der Waals surface area contributed by atoms with Crippen molar-refractivity contribution < 1.29 is 19.1 Å². The van der Waals surface area contributed by atoms with Crippen molar-refractivity contribution in [3.8, 4) is 0 Å². The van der Waals surface area contributed by atoms with Crippen LogP contribution >= 0.6 is 0 Å². The predicted octanol–water partition coefficient (Wildman–Crippen LogP) is 5.87. The molecule has 3 aromatic rings. The summed E-state index contributed by atoms with van der Waals surface area (Å²) in [5, 5.41) is 2.82. The zero-order valence-electron chi connectivity index (χ0n) is 24.4. The van der Waals surface area contributed by atoms with Gasteiger partial charge in [0.1, 0.15) is 17.0 Å². The number of nitrogens with zero attached hydrogens (tertiary/aromatic N) is 4. The SMILES string of the molecule is Cc1cccnc1CCN(CCCCNC(=O)OC(C)(C)C)Cc1nc2ccccc2n1C(=O)OC(C)(C)C. The molecule has 1 amide bonds. The fourth-order valence-corrected chi connectivity index (χ4v) is 4.17. The van der Waals surface area contributed by atoms with Crippen molar-refractivity contribution in [2.24, 2.45) is 0 Å². The van der Waals surface area contributed by atoms with Gasteiger partial charge in [-0.25, -0.2) is 19.1 Å². The molecule has 0 bridgehead atoms. The summed E-state index contributed by atoms with van der Waals surface area (Å²) < 4.78 is 12.6. The number of hydrogen-bond donors (Lipinski definition) is 1. The molecule has 0 fully saturated rings. The Balaban J connectivity index is 1.74. The number of pyridine rings is 1. The number of carbonyl (C=O) groups is 2. The Kier molecular flexibility index (Phi) is 10.1. The highest BCUT2D eigenvalue weighted by molar-refractivity contribution is 5.87. The number of hydrogen-bond acceptors (Lipinski definition) is 7. The molecule has 39 heavy (non-hydrogen) atoms. The van der Waals surface area contributed by atoms with Crippen LogP contribution in [0.1, 0.15) is 71.5 Å². The van der Waals surface area contributed by atoms with Crippen LogP contribution in [0.3, 0.4) is 0 Å². The summed E-state index contributed by atoms with van der Waals surface area (Å²) in [7, 11) is 0.